The molecule has 0 saturated carbocycles. The molecule has 3 heteroatoms. The second-order valence-electron chi connectivity index (χ2n) is 8.26. The Labute approximate surface area is 193 Å². The molecule has 0 aromatic heterocycles. The highest BCUT2D eigenvalue weighted by Crippen LogP contribution is 2.56. The number of hydrogen-bond acceptors (Lipinski definition) is 3. The number of carbonyl (C=O) groups is 1. The molecule has 3 nitrogen and oxygen atoms in total. The molecule has 0 heterocycles. The SMILES string of the molecule is C=C(C)C(=O)Oc1ccc(C2(c3ccc(OC)cc3)c3ccccc3-c3ccccc32)cc1. The van der Waals surface area contributed by atoms with Gasteiger partial charge in [0, 0.05) is 5.57 Å². The van der Waals surface area contributed by atoms with Crippen molar-refractivity contribution < 1.29 is 14.3 Å². The normalized spacial score (nSPS) is 13.0. The maximum atomic E-state index is 12.0. The number of rotatable bonds is 5. The van der Waals surface area contributed by atoms with Crippen molar-refractivity contribution in [2.75, 3.05) is 7.11 Å². The monoisotopic (exact) mass is 432 g/mol. The summed E-state index contributed by atoms with van der Waals surface area (Å²) in [7, 11) is 1.68. The average Bonchev–Trinajstić information content (AvgIpc) is 3.16. The van der Waals surface area contributed by atoms with Gasteiger partial charge in [-0.15, -0.1) is 0 Å². The summed E-state index contributed by atoms with van der Waals surface area (Å²) in [5.41, 5.74) is 7.01. The molecule has 0 bridgehead atoms. The minimum Gasteiger partial charge on any atom is -0.497 e. The second kappa shape index (κ2) is 8.10. The van der Waals surface area contributed by atoms with Gasteiger partial charge in [0.1, 0.15) is 11.5 Å². The maximum absolute atomic E-state index is 12.0. The summed E-state index contributed by atoms with van der Waals surface area (Å²) in [4.78, 5) is 12.0. The lowest BCUT2D eigenvalue weighted by atomic mass is 9.68. The molecule has 0 fully saturated rings. The summed E-state index contributed by atoms with van der Waals surface area (Å²) in [5.74, 6) is 0.885. The van der Waals surface area contributed by atoms with Crippen LogP contribution < -0.4 is 9.47 Å². The average molecular weight is 433 g/mol. The Kier molecular flexibility index (Phi) is 5.10. The molecule has 0 spiro atoms. The second-order valence-corrected chi connectivity index (χ2v) is 8.26. The van der Waals surface area contributed by atoms with Gasteiger partial charge in [0.25, 0.3) is 0 Å². The van der Waals surface area contributed by atoms with Gasteiger partial charge in [0.2, 0.25) is 0 Å². The minimum atomic E-state index is -0.504. The van der Waals surface area contributed by atoms with Crippen LogP contribution in [0.1, 0.15) is 29.2 Å². The Morgan fingerprint density at radius 2 is 1.15 bits per heavy atom. The number of methoxy groups -OCH3 is 1. The molecule has 0 saturated heterocycles. The van der Waals surface area contributed by atoms with Crippen molar-refractivity contribution in [3.63, 3.8) is 0 Å². The maximum Gasteiger partial charge on any atom is 0.338 e. The zero-order chi connectivity index (χ0) is 23.0. The summed E-state index contributed by atoms with van der Waals surface area (Å²) in [6.45, 7) is 5.30. The molecule has 0 N–H and O–H groups in total. The van der Waals surface area contributed by atoms with Gasteiger partial charge in [0.05, 0.1) is 12.5 Å². The predicted molar refractivity (Wildman–Crippen MR) is 131 cm³/mol. The Hall–Kier alpha value is -4.11. The Morgan fingerprint density at radius 3 is 1.61 bits per heavy atom. The van der Waals surface area contributed by atoms with Gasteiger partial charge in [-0.2, -0.15) is 0 Å². The smallest absolute Gasteiger partial charge is 0.338 e. The quantitative estimate of drug-likeness (QED) is 0.180. The van der Waals surface area contributed by atoms with E-state index in [1.54, 1.807) is 14.0 Å². The van der Waals surface area contributed by atoms with Crippen LogP contribution in [0.5, 0.6) is 11.5 Å². The van der Waals surface area contributed by atoms with Gasteiger partial charge in [-0.05, 0) is 64.6 Å². The van der Waals surface area contributed by atoms with Gasteiger partial charge < -0.3 is 9.47 Å². The van der Waals surface area contributed by atoms with Crippen LogP contribution in [0.4, 0.5) is 0 Å². The summed E-state index contributed by atoms with van der Waals surface area (Å²) < 4.78 is 10.9. The first-order valence-electron chi connectivity index (χ1n) is 10.9. The van der Waals surface area contributed by atoms with Crippen LogP contribution in [0, 0.1) is 0 Å². The zero-order valence-electron chi connectivity index (χ0n) is 18.7. The number of ether oxygens (including phenoxy) is 2. The van der Waals surface area contributed by atoms with Crippen molar-refractivity contribution in [1.29, 1.82) is 0 Å². The van der Waals surface area contributed by atoms with Crippen LogP contribution in [0.2, 0.25) is 0 Å². The van der Waals surface area contributed by atoms with Gasteiger partial charge in [-0.3, -0.25) is 0 Å². The number of hydrogen-bond donors (Lipinski definition) is 0. The Morgan fingerprint density at radius 1 is 0.697 bits per heavy atom. The van der Waals surface area contributed by atoms with E-state index in [-0.39, 0.29) is 0 Å². The van der Waals surface area contributed by atoms with Crippen LogP contribution in [0.25, 0.3) is 11.1 Å². The van der Waals surface area contributed by atoms with Gasteiger partial charge >= 0.3 is 5.97 Å². The third kappa shape index (κ3) is 3.25. The molecule has 0 amide bonds. The molecule has 1 aliphatic carbocycles. The van der Waals surface area contributed by atoms with Crippen LogP contribution in [-0.4, -0.2) is 13.1 Å². The fourth-order valence-electron chi connectivity index (χ4n) is 4.83. The number of esters is 1. The highest BCUT2D eigenvalue weighted by atomic mass is 16.5. The van der Waals surface area contributed by atoms with E-state index < -0.39 is 11.4 Å². The van der Waals surface area contributed by atoms with E-state index >= 15 is 0 Å². The third-order valence-corrected chi connectivity index (χ3v) is 6.32. The lowest BCUT2D eigenvalue weighted by Gasteiger charge is -2.34. The molecule has 4 aromatic rings. The lowest BCUT2D eigenvalue weighted by Crippen LogP contribution is -2.28. The van der Waals surface area contributed by atoms with Crippen molar-refractivity contribution >= 4 is 5.97 Å². The van der Waals surface area contributed by atoms with Gasteiger partial charge in [-0.1, -0.05) is 79.4 Å². The van der Waals surface area contributed by atoms with Gasteiger partial charge in [-0.25, -0.2) is 4.79 Å². The van der Waals surface area contributed by atoms with E-state index in [4.69, 9.17) is 9.47 Å². The first-order valence-corrected chi connectivity index (χ1v) is 10.9. The van der Waals surface area contributed by atoms with E-state index in [0.717, 1.165) is 16.9 Å². The standard InChI is InChI=1S/C30H24O3/c1-20(2)29(31)33-24-18-14-22(15-19-24)30(21-12-16-23(32-3)17-13-21)27-10-6-4-8-25(27)26-9-5-7-11-28(26)30/h4-19H,1H2,2-3H3. The van der Waals surface area contributed by atoms with Crippen LogP contribution in [0.3, 0.4) is 0 Å². The van der Waals surface area contributed by atoms with E-state index in [2.05, 4.69) is 67.2 Å². The highest BCUT2D eigenvalue weighted by molar-refractivity contribution is 5.89. The number of benzene rings is 4. The van der Waals surface area contributed by atoms with E-state index in [9.17, 15) is 4.79 Å². The van der Waals surface area contributed by atoms with Crippen LogP contribution in [-0.2, 0) is 10.2 Å². The van der Waals surface area contributed by atoms with Gasteiger partial charge in [0.15, 0.2) is 0 Å². The van der Waals surface area contributed by atoms with Crippen LogP contribution >= 0.6 is 0 Å². The zero-order valence-corrected chi connectivity index (χ0v) is 18.7. The summed E-state index contributed by atoms with van der Waals surface area (Å²) in [6.07, 6.45) is 0. The first-order chi connectivity index (χ1) is 16.1. The molecule has 0 atom stereocenters. The molecule has 1 aliphatic rings. The predicted octanol–water partition coefficient (Wildman–Crippen LogP) is 6.54. The number of carbonyl (C=O) groups excluding carboxylic acids is 1. The van der Waals surface area contributed by atoms with Crippen LogP contribution in [0.15, 0.2) is 109 Å². The fourth-order valence-corrected chi connectivity index (χ4v) is 4.83. The Balaban J connectivity index is 1.75. The molecule has 0 aliphatic heterocycles. The molecule has 0 radical (unpaired) electrons. The van der Waals surface area contributed by atoms with Crippen molar-refractivity contribution in [3.05, 3.63) is 131 Å². The molecule has 0 unspecified atom stereocenters. The lowest BCUT2D eigenvalue weighted by molar-refractivity contribution is -0.130. The van der Waals surface area contributed by atoms with E-state index in [1.807, 2.05) is 36.4 Å². The highest BCUT2D eigenvalue weighted by Gasteiger charge is 2.45. The summed E-state index contributed by atoms with van der Waals surface area (Å²) >= 11 is 0. The van der Waals surface area contributed by atoms with Crippen molar-refractivity contribution in [3.8, 4) is 22.6 Å². The van der Waals surface area contributed by atoms with E-state index in [0.29, 0.717) is 11.3 Å². The molecule has 33 heavy (non-hydrogen) atoms. The third-order valence-electron chi connectivity index (χ3n) is 6.32. The van der Waals surface area contributed by atoms with E-state index in [1.165, 1.54) is 22.3 Å². The summed E-state index contributed by atoms with van der Waals surface area (Å²) in [6, 6.07) is 33.2. The fraction of sp³-hybridized carbons (Fsp3) is 0.100. The summed E-state index contributed by atoms with van der Waals surface area (Å²) in [5, 5.41) is 0. The topological polar surface area (TPSA) is 35.5 Å². The Bertz CT molecular complexity index is 1300. The van der Waals surface area contributed by atoms with Crippen molar-refractivity contribution in [2.45, 2.75) is 12.3 Å². The molecular formula is C30H24O3. The number of fused-ring (bicyclic) bond motifs is 3. The molecular weight excluding hydrogens is 408 g/mol. The first kappa shape index (κ1) is 20.8. The largest absolute Gasteiger partial charge is 0.497 e. The molecule has 162 valence electrons. The van der Waals surface area contributed by atoms with Crippen molar-refractivity contribution in [2.24, 2.45) is 0 Å². The molecule has 5 rings (SSSR count). The molecule has 4 aromatic carbocycles. The van der Waals surface area contributed by atoms with Crippen molar-refractivity contribution in [1.82, 2.24) is 0 Å². The minimum absolute atomic E-state index is 0.368.